The molecule has 1 aliphatic heterocycles. The Morgan fingerprint density at radius 1 is 1.44 bits per heavy atom. The number of thiophene rings is 1. The lowest BCUT2D eigenvalue weighted by atomic mass is 9.58. The van der Waals surface area contributed by atoms with Crippen LogP contribution >= 0.6 is 11.3 Å². The fourth-order valence-corrected chi connectivity index (χ4v) is 4.71. The molecule has 6 heteroatoms. The molecule has 1 aliphatic carbocycles. The van der Waals surface area contributed by atoms with Crippen LogP contribution in [-0.2, 0) is 16.0 Å². The van der Waals surface area contributed by atoms with Crippen molar-refractivity contribution < 1.29 is 14.6 Å². The van der Waals surface area contributed by atoms with E-state index in [0.717, 1.165) is 45.3 Å². The van der Waals surface area contributed by atoms with Crippen molar-refractivity contribution in [3.05, 3.63) is 22.4 Å². The molecule has 1 amide bonds. The number of hydrogen-bond donors (Lipinski definition) is 1. The Hall–Kier alpha value is -0.950. The van der Waals surface area contributed by atoms with Crippen LogP contribution in [0.4, 0.5) is 0 Å². The van der Waals surface area contributed by atoms with Gasteiger partial charge in [0.05, 0.1) is 18.8 Å². The molecule has 2 fully saturated rings. The molecule has 140 valence electrons. The van der Waals surface area contributed by atoms with Crippen LogP contribution < -0.4 is 0 Å². The molecule has 0 unspecified atom stereocenters. The quantitative estimate of drug-likeness (QED) is 0.802. The Morgan fingerprint density at radius 2 is 2.20 bits per heavy atom. The highest BCUT2D eigenvalue weighted by Gasteiger charge is 2.56. The molecule has 3 rings (SSSR count). The molecule has 1 saturated carbocycles. The third kappa shape index (κ3) is 4.25. The number of likely N-dealkylation sites (tertiary alicyclic amines) is 1. The summed E-state index contributed by atoms with van der Waals surface area (Å²) in [6, 6.07) is 2.09. The van der Waals surface area contributed by atoms with E-state index >= 15 is 0 Å². The Kier molecular flexibility index (Phi) is 6.15. The summed E-state index contributed by atoms with van der Waals surface area (Å²) in [6.45, 7) is 3.09. The maximum absolute atomic E-state index is 12.5. The predicted molar refractivity (Wildman–Crippen MR) is 99.8 cm³/mol. The SMILES string of the molecule is CN(C)CCO[C@H]1C[C@@H](O)C12CCN(C(=O)CCc1ccsc1)CC2. The summed E-state index contributed by atoms with van der Waals surface area (Å²) in [5.41, 5.74) is 1.12. The maximum Gasteiger partial charge on any atom is 0.222 e. The molecule has 1 saturated heterocycles. The van der Waals surface area contributed by atoms with Crippen LogP contribution in [0.1, 0.15) is 31.2 Å². The molecule has 1 spiro atoms. The van der Waals surface area contributed by atoms with E-state index in [1.807, 2.05) is 19.0 Å². The summed E-state index contributed by atoms with van der Waals surface area (Å²) >= 11 is 1.68. The molecule has 0 aromatic carbocycles. The zero-order valence-corrected chi connectivity index (χ0v) is 16.1. The van der Waals surface area contributed by atoms with Gasteiger partial charge in [0.2, 0.25) is 5.91 Å². The first-order valence-electron chi connectivity index (χ1n) is 9.24. The lowest BCUT2D eigenvalue weighted by molar-refractivity contribution is -0.212. The number of aliphatic hydroxyl groups excluding tert-OH is 1. The van der Waals surface area contributed by atoms with Crippen LogP contribution in [0.25, 0.3) is 0 Å². The number of hydrogen-bond acceptors (Lipinski definition) is 5. The average molecular weight is 367 g/mol. The molecular weight excluding hydrogens is 336 g/mol. The number of likely N-dealkylation sites (N-methyl/N-ethyl adjacent to an activating group) is 1. The third-order valence-electron chi connectivity index (χ3n) is 5.85. The van der Waals surface area contributed by atoms with Gasteiger partial charge in [0.15, 0.2) is 0 Å². The smallest absolute Gasteiger partial charge is 0.222 e. The van der Waals surface area contributed by atoms with E-state index in [4.69, 9.17) is 4.74 Å². The van der Waals surface area contributed by atoms with Gasteiger partial charge in [-0.05, 0) is 55.7 Å². The summed E-state index contributed by atoms with van der Waals surface area (Å²) in [5.74, 6) is 0.236. The number of rotatable bonds is 7. The third-order valence-corrected chi connectivity index (χ3v) is 6.59. The number of ether oxygens (including phenoxy) is 1. The van der Waals surface area contributed by atoms with Gasteiger partial charge in [0.1, 0.15) is 0 Å². The first-order chi connectivity index (χ1) is 12.0. The first kappa shape index (κ1) is 18.8. The average Bonchev–Trinajstić information content (AvgIpc) is 3.12. The molecule has 1 aromatic heterocycles. The molecule has 5 nitrogen and oxygen atoms in total. The van der Waals surface area contributed by atoms with Crippen LogP contribution in [0.5, 0.6) is 0 Å². The topological polar surface area (TPSA) is 53.0 Å². The van der Waals surface area contributed by atoms with Crippen molar-refractivity contribution in [1.29, 1.82) is 0 Å². The highest BCUT2D eigenvalue weighted by atomic mass is 32.1. The van der Waals surface area contributed by atoms with E-state index in [2.05, 4.69) is 21.7 Å². The van der Waals surface area contributed by atoms with Gasteiger partial charge in [-0.1, -0.05) is 0 Å². The van der Waals surface area contributed by atoms with E-state index in [0.29, 0.717) is 13.0 Å². The van der Waals surface area contributed by atoms with Crippen molar-refractivity contribution in [3.63, 3.8) is 0 Å². The molecule has 1 aromatic rings. The Bertz CT molecular complexity index is 553. The highest BCUT2D eigenvalue weighted by Crippen LogP contribution is 2.51. The van der Waals surface area contributed by atoms with Crippen molar-refractivity contribution in [2.75, 3.05) is 40.3 Å². The maximum atomic E-state index is 12.5. The van der Waals surface area contributed by atoms with E-state index < -0.39 is 0 Å². The number of amides is 1. The number of aliphatic hydroxyl groups is 1. The van der Waals surface area contributed by atoms with Gasteiger partial charge in [-0.3, -0.25) is 4.79 Å². The van der Waals surface area contributed by atoms with Crippen LogP contribution in [0.2, 0.25) is 0 Å². The van der Waals surface area contributed by atoms with Gasteiger partial charge < -0.3 is 19.6 Å². The number of aryl methyl sites for hydroxylation is 1. The lowest BCUT2D eigenvalue weighted by Gasteiger charge is -2.56. The fraction of sp³-hybridized carbons (Fsp3) is 0.737. The molecule has 1 N–H and O–H groups in total. The lowest BCUT2D eigenvalue weighted by Crippen LogP contribution is -2.63. The number of carbonyl (C=O) groups is 1. The van der Waals surface area contributed by atoms with Gasteiger partial charge in [-0.2, -0.15) is 11.3 Å². The molecule has 25 heavy (non-hydrogen) atoms. The van der Waals surface area contributed by atoms with E-state index in [1.165, 1.54) is 5.56 Å². The van der Waals surface area contributed by atoms with E-state index in [1.54, 1.807) is 11.3 Å². The Balaban J connectivity index is 1.45. The number of nitrogens with zero attached hydrogens (tertiary/aromatic N) is 2. The largest absolute Gasteiger partial charge is 0.392 e. The monoisotopic (exact) mass is 366 g/mol. The van der Waals surface area contributed by atoms with Crippen LogP contribution in [-0.4, -0.2) is 73.4 Å². The van der Waals surface area contributed by atoms with Gasteiger partial charge in [-0.15, -0.1) is 0 Å². The number of carbonyl (C=O) groups excluding carboxylic acids is 1. The highest BCUT2D eigenvalue weighted by molar-refractivity contribution is 7.07. The van der Waals surface area contributed by atoms with Gasteiger partial charge in [-0.25, -0.2) is 0 Å². The van der Waals surface area contributed by atoms with E-state index in [9.17, 15) is 9.90 Å². The molecular formula is C19H30N2O3S. The second-order valence-electron chi connectivity index (χ2n) is 7.66. The standard InChI is InChI=1S/C19H30N2O3S/c1-20(2)10-11-24-17-13-16(22)19(17)6-8-21(9-7-19)18(23)4-3-15-5-12-25-14-15/h5,12,14,16-17,22H,3-4,6-11,13H2,1-2H3/t16-,17+/m1/s1. The Labute approximate surface area is 154 Å². The van der Waals surface area contributed by atoms with Gasteiger partial charge in [0.25, 0.3) is 0 Å². The molecule has 0 radical (unpaired) electrons. The zero-order valence-electron chi connectivity index (χ0n) is 15.3. The van der Waals surface area contributed by atoms with Gasteiger partial charge in [0, 0.05) is 37.9 Å². The normalized spacial score (nSPS) is 25.4. The Morgan fingerprint density at radius 3 is 2.80 bits per heavy atom. The van der Waals surface area contributed by atoms with Crippen molar-refractivity contribution in [2.45, 2.75) is 44.3 Å². The summed E-state index contributed by atoms with van der Waals surface area (Å²) in [4.78, 5) is 16.5. The minimum atomic E-state index is -0.278. The second-order valence-corrected chi connectivity index (χ2v) is 8.44. The molecule has 2 aliphatic rings. The predicted octanol–water partition coefficient (Wildman–Crippen LogP) is 2.00. The molecule has 2 atom stereocenters. The first-order valence-corrected chi connectivity index (χ1v) is 10.2. The van der Waals surface area contributed by atoms with Crippen LogP contribution in [0.3, 0.4) is 0 Å². The van der Waals surface area contributed by atoms with Crippen molar-refractivity contribution in [3.8, 4) is 0 Å². The summed E-state index contributed by atoms with van der Waals surface area (Å²) in [6.07, 6.45) is 3.71. The van der Waals surface area contributed by atoms with Crippen LogP contribution in [0, 0.1) is 5.41 Å². The van der Waals surface area contributed by atoms with Crippen molar-refractivity contribution >= 4 is 17.2 Å². The molecule has 2 heterocycles. The minimum absolute atomic E-state index is 0.129. The minimum Gasteiger partial charge on any atom is -0.392 e. The second kappa shape index (κ2) is 8.16. The van der Waals surface area contributed by atoms with E-state index in [-0.39, 0.29) is 23.5 Å². The fourth-order valence-electron chi connectivity index (χ4n) is 4.01. The van der Waals surface area contributed by atoms with Gasteiger partial charge >= 0.3 is 0 Å². The zero-order chi connectivity index (χ0) is 17.9. The molecule has 0 bridgehead atoms. The van der Waals surface area contributed by atoms with Crippen molar-refractivity contribution in [1.82, 2.24) is 9.80 Å². The van der Waals surface area contributed by atoms with Crippen LogP contribution in [0.15, 0.2) is 16.8 Å². The summed E-state index contributed by atoms with van der Waals surface area (Å²) in [5, 5.41) is 14.5. The number of piperidine rings is 1. The summed E-state index contributed by atoms with van der Waals surface area (Å²) in [7, 11) is 4.07. The summed E-state index contributed by atoms with van der Waals surface area (Å²) < 4.78 is 6.04. The van der Waals surface area contributed by atoms with Crippen molar-refractivity contribution in [2.24, 2.45) is 5.41 Å².